The van der Waals surface area contributed by atoms with E-state index in [1.807, 2.05) is 115 Å². The lowest BCUT2D eigenvalue weighted by Crippen LogP contribution is -2.41. The average molecular weight is 1060 g/mol. The Balaban J connectivity index is 0.000000199. The van der Waals surface area contributed by atoms with Crippen LogP contribution in [-0.4, -0.2) is 111 Å². The molecule has 0 spiro atoms. The Morgan fingerprint density at radius 2 is 1.21 bits per heavy atom. The number of unbranched alkanes of at least 4 members (excludes halogenated alkanes) is 6. The second-order valence-electron chi connectivity index (χ2n) is 19.6. The fourth-order valence-electron chi connectivity index (χ4n) is 10.00. The van der Waals surface area contributed by atoms with E-state index in [1.54, 1.807) is 17.6 Å². The zero-order chi connectivity index (χ0) is 52.5. The van der Waals surface area contributed by atoms with Crippen LogP contribution < -0.4 is 14.8 Å². The van der Waals surface area contributed by atoms with Crippen LogP contribution in [0.25, 0.3) is 21.8 Å². The van der Waals surface area contributed by atoms with Crippen molar-refractivity contribution >= 4 is 57.2 Å². The molecule has 0 radical (unpaired) electrons. The first-order valence-corrected chi connectivity index (χ1v) is 27.4. The lowest BCUT2D eigenvalue weighted by molar-refractivity contribution is 0.0797. The molecule has 7 aromatic rings. The molecule has 9 rings (SSSR count). The first-order valence-electron chi connectivity index (χ1n) is 26.7. The highest BCUT2D eigenvalue weighted by Gasteiger charge is 2.37. The fourth-order valence-corrected chi connectivity index (χ4v) is 10.3. The highest BCUT2D eigenvalue weighted by molar-refractivity contribution is 6.31. The second kappa shape index (κ2) is 27.5. The van der Waals surface area contributed by atoms with Gasteiger partial charge in [0.1, 0.15) is 36.2 Å². The van der Waals surface area contributed by atoms with E-state index in [4.69, 9.17) is 47.3 Å². The summed E-state index contributed by atoms with van der Waals surface area (Å²) in [6, 6.07) is 27.3. The number of hydrogen-bond donors (Lipinski definition) is 4. The number of rotatable bonds is 23. The molecule has 15 nitrogen and oxygen atoms in total. The van der Waals surface area contributed by atoms with Crippen LogP contribution in [0.4, 0.5) is 9.59 Å². The van der Waals surface area contributed by atoms with Gasteiger partial charge in [0.15, 0.2) is 0 Å². The minimum Gasteiger partial charge on any atom is -0.494 e. The molecule has 0 saturated heterocycles. The van der Waals surface area contributed by atoms with E-state index in [2.05, 4.69) is 25.4 Å². The van der Waals surface area contributed by atoms with Crippen molar-refractivity contribution in [2.75, 3.05) is 59.2 Å². The molecule has 75 heavy (non-hydrogen) atoms. The van der Waals surface area contributed by atoms with E-state index in [0.717, 1.165) is 133 Å². The standard InChI is InChI=1S/C30H40ClN3O4.C28H32ClN5O3/c1-21(2)20-38-30(36)34-16-13-25-26-19-23(31)9-12-27(26)33-28(25)29(34)22-7-10-24(11-8-22)37-18-6-4-3-5-14-32-15-17-35;1-2-36-28(35)34-15-13-23-24-17-21(29)9-12-25(24)32-26(23)27(34)20-7-10-22(11-8-20)37-16-6-4-3-5-14-33-19-30-18-31-33/h7-12,19,21,29,32-33,35H,3-6,13-18,20H2,1-2H3;7-12,17-19,27,32H,2-6,13-16H2,1H3. The fraction of sp³-hybridized carbons (Fsp3) is 0.448. The van der Waals surface area contributed by atoms with Crippen LogP contribution in [0.5, 0.6) is 11.5 Å². The maximum Gasteiger partial charge on any atom is 0.410 e. The number of ether oxygens (including phenoxy) is 4. The minimum absolute atomic E-state index is 0.186. The summed E-state index contributed by atoms with van der Waals surface area (Å²) in [6.07, 6.45) is 12.9. The van der Waals surface area contributed by atoms with Gasteiger partial charge in [0.25, 0.3) is 0 Å². The number of halogens is 2. The predicted molar refractivity (Wildman–Crippen MR) is 295 cm³/mol. The molecule has 0 aliphatic carbocycles. The van der Waals surface area contributed by atoms with Gasteiger partial charge in [-0.05, 0) is 147 Å². The van der Waals surface area contributed by atoms with Crippen molar-refractivity contribution in [3.8, 4) is 11.5 Å². The van der Waals surface area contributed by atoms with Crippen LogP contribution in [0.2, 0.25) is 10.0 Å². The number of aromatic nitrogens is 5. The number of amides is 2. The molecule has 5 heterocycles. The minimum atomic E-state index is -0.306. The summed E-state index contributed by atoms with van der Waals surface area (Å²) in [5, 5.41) is 19.7. The number of nitrogens with zero attached hydrogens (tertiary/aromatic N) is 5. The van der Waals surface area contributed by atoms with Crippen molar-refractivity contribution in [2.24, 2.45) is 5.92 Å². The zero-order valence-electron chi connectivity index (χ0n) is 43.5. The van der Waals surface area contributed by atoms with Crippen LogP contribution in [0.15, 0.2) is 97.6 Å². The van der Waals surface area contributed by atoms with Crippen molar-refractivity contribution < 1.29 is 33.6 Å². The number of carbonyl (C=O) groups excluding carboxylic acids is 2. The molecule has 3 aromatic heterocycles. The Labute approximate surface area is 450 Å². The van der Waals surface area contributed by atoms with Crippen molar-refractivity contribution in [1.82, 2.24) is 39.8 Å². The molecule has 4 aromatic carbocycles. The normalized spacial score (nSPS) is 15.1. The molecule has 17 heteroatoms. The molecule has 2 unspecified atom stereocenters. The van der Waals surface area contributed by atoms with Gasteiger partial charge in [0, 0.05) is 69.4 Å². The number of aliphatic hydroxyl groups is 1. The third kappa shape index (κ3) is 14.6. The summed E-state index contributed by atoms with van der Waals surface area (Å²) in [5.41, 5.74) is 8.48. The SMILES string of the molecule is CC(C)COC(=O)N1CCc2c([nH]c3ccc(Cl)cc23)C1c1ccc(OCCCCCCNCCO)cc1.CCOC(=O)N1CCc2c([nH]c3ccc(Cl)cc23)C1c1ccc(OCCCCCCn2cncn2)cc1. The van der Waals surface area contributed by atoms with E-state index >= 15 is 0 Å². The molecule has 2 amide bonds. The lowest BCUT2D eigenvalue weighted by Gasteiger charge is -2.35. The molecule has 400 valence electrons. The summed E-state index contributed by atoms with van der Waals surface area (Å²) in [4.78, 5) is 40.8. The van der Waals surface area contributed by atoms with Crippen LogP contribution in [-0.2, 0) is 28.9 Å². The number of aromatic amines is 2. The van der Waals surface area contributed by atoms with Crippen LogP contribution >= 0.6 is 23.2 Å². The van der Waals surface area contributed by atoms with Crippen LogP contribution in [0.3, 0.4) is 0 Å². The molecule has 4 N–H and O–H groups in total. The second-order valence-corrected chi connectivity index (χ2v) is 20.4. The van der Waals surface area contributed by atoms with E-state index in [9.17, 15) is 9.59 Å². The van der Waals surface area contributed by atoms with Crippen molar-refractivity contribution in [3.05, 3.63) is 141 Å². The molecular formula is C58H72Cl2N8O7. The van der Waals surface area contributed by atoms with Crippen molar-refractivity contribution in [3.63, 3.8) is 0 Å². The highest BCUT2D eigenvalue weighted by atomic mass is 35.5. The third-order valence-electron chi connectivity index (χ3n) is 13.7. The van der Waals surface area contributed by atoms with Gasteiger partial charge >= 0.3 is 12.2 Å². The number of hydrogen-bond acceptors (Lipinski definition) is 10. The summed E-state index contributed by atoms with van der Waals surface area (Å²) in [5.74, 6) is 1.92. The van der Waals surface area contributed by atoms with Gasteiger partial charge < -0.3 is 39.3 Å². The number of H-pyrrole nitrogens is 2. The topological polar surface area (TPSA) is 172 Å². The first-order chi connectivity index (χ1) is 36.6. The van der Waals surface area contributed by atoms with Gasteiger partial charge in [-0.3, -0.25) is 14.5 Å². The number of fused-ring (bicyclic) bond motifs is 6. The number of aliphatic hydroxyl groups excluding tert-OH is 1. The maximum absolute atomic E-state index is 13.2. The molecule has 2 aliphatic heterocycles. The van der Waals surface area contributed by atoms with E-state index in [1.165, 1.54) is 11.1 Å². The van der Waals surface area contributed by atoms with Gasteiger partial charge in [-0.15, -0.1) is 0 Å². The third-order valence-corrected chi connectivity index (χ3v) is 14.1. The van der Waals surface area contributed by atoms with Gasteiger partial charge in [-0.25, -0.2) is 14.6 Å². The van der Waals surface area contributed by atoms with E-state index in [-0.39, 0.29) is 36.8 Å². The van der Waals surface area contributed by atoms with E-state index in [0.29, 0.717) is 56.1 Å². The molecule has 0 saturated carbocycles. The number of carbonyl (C=O) groups is 2. The Morgan fingerprint density at radius 1 is 0.693 bits per heavy atom. The average Bonchev–Trinajstić information content (AvgIpc) is 4.17. The quantitative estimate of drug-likeness (QED) is 0.0452. The number of benzene rings is 4. The Bertz CT molecular complexity index is 2890. The largest absolute Gasteiger partial charge is 0.494 e. The van der Waals surface area contributed by atoms with Crippen LogP contribution in [0, 0.1) is 5.92 Å². The van der Waals surface area contributed by atoms with Crippen molar-refractivity contribution in [1.29, 1.82) is 0 Å². The molecular weight excluding hydrogens is 992 g/mol. The molecule has 0 fully saturated rings. The molecule has 2 aliphatic rings. The molecule has 0 bridgehead atoms. The summed E-state index contributed by atoms with van der Waals surface area (Å²) < 4.78 is 24.9. The van der Waals surface area contributed by atoms with Gasteiger partial charge in [-0.1, -0.05) is 80.6 Å². The summed E-state index contributed by atoms with van der Waals surface area (Å²) in [7, 11) is 0. The lowest BCUT2D eigenvalue weighted by atomic mass is 9.92. The van der Waals surface area contributed by atoms with Gasteiger partial charge in [0.05, 0.1) is 33.0 Å². The highest BCUT2D eigenvalue weighted by Crippen LogP contribution is 2.42. The zero-order valence-corrected chi connectivity index (χ0v) is 45.0. The number of nitrogens with one attached hydrogen (secondary N) is 3. The van der Waals surface area contributed by atoms with Crippen LogP contribution in [0.1, 0.15) is 118 Å². The maximum atomic E-state index is 13.2. The Hall–Kier alpha value is -6.26. The smallest absolute Gasteiger partial charge is 0.410 e. The van der Waals surface area contributed by atoms with Gasteiger partial charge in [0.2, 0.25) is 0 Å². The van der Waals surface area contributed by atoms with Crippen molar-refractivity contribution in [2.45, 2.75) is 104 Å². The Kier molecular flexibility index (Phi) is 20.2. The van der Waals surface area contributed by atoms with E-state index < -0.39 is 0 Å². The predicted octanol–water partition coefficient (Wildman–Crippen LogP) is 12.2. The molecule has 2 atom stereocenters. The monoisotopic (exact) mass is 1060 g/mol. The summed E-state index contributed by atoms with van der Waals surface area (Å²) >= 11 is 12.6. The number of aryl methyl sites for hydroxylation is 1. The summed E-state index contributed by atoms with van der Waals surface area (Å²) in [6.45, 7) is 11.8. The first kappa shape index (κ1) is 55.0. The Morgan fingerprint density at radius 3 is 1.71 bits per heavy atom. The van der Waals surface area contributed by atoms with Gasteiger partial charge in [-0.2, -0.15) is 5.10 Å².